The van der Waals surface area contributed by atoms with Crippen molar-refractivity contribution in [1.82, 2.24) is 5.32 Å². The first kappa shape index (κ1) is 14.7. The number of aliphatic hydroxyl groups excluding tert-OH is 1. The molecule has 0 aromatic carbocycles. The number of rotatable bonds is 7. The Bertz CT molecular complexity index is 241. The van der Waals surface area contributed by atoms with Gasteiger partial charge in [0.05, 0.1) is 18.8 Å². The standard InChI is InChI=1S/C11H20F3NO2/c1-8(2)15-10(5-16,9-3-4-9)6-17-7-11(12,13)14/h8-9,15-16H,3-7H2,1-2H3. The van der Waals surface area contributed by atoms with Crippen LogP contribution < -0.4 is 5.32 Å². The van der Waals surface area contributed by atoms with E-state index in [1.165, 1.54) is 0 Å². The van der Waals surface area contributed by atoms with Crippen LogP contribution in [0.25, 0.3) is 0 Å². The minimum Gasteiger partial charge on any atom is -0.394 e. The average molecular weight is 255 g/mol. The summed E-state index contributed by atoms with van der Waals surface area (Å²) in [6.45, 7) is 2.23. The molecule has 1 unspecified atom stereocenters. The van der Waals surface area contributed by atoms with Crippen molar-refractivity contribution in [2.45, 2.75) is 44.4 Å². The highest BCUT2D eigenvalue weighted by molar-refractivity contribution is 5.01. The van der Waals surface area contributed by atoms with Crippen LogP contribution >= 0.6 is 0 Å². The summed E-state index contributed by atoms with van der Waals surface area (Å²) in [7, 11) is 0. The van der Waals surface area contributed by atoms with E-state index in [0.717, 1.165) is 12.8 Å². The van der Waals surface area contributed by atoms with Gasteiger partial charge >= 0.3 is 6.18 Å². The fraction of sp³-hybridized carbons (Fsp3) is 1.00. The van der Waals surface area contributed by atoms with Gasteiger partial charge < -0.3 is 15.2 Å². The Balaban J connectivity index is 2.51. The van der Waals surface area contributed by atoms with Crippen molar-refractivity contribution in [1.29, 1.82) is 0 Å². The molecule has 1 aliphatic carbocycles. The van der Waals surface area contributed by atoms with Crippen molar-refractivity contribution in [2.75, 3.05) is 19.8 Å². The number of aliphatic hydroxyl groups is 1. The Morgan fingerprint density at radius 3 is 2.24 bits per heavy atom. The first-order valence-electron chi connectivity index (χ1n) is 5.82. The molecule has 0 aromatic heterocycles. The molecule has 2 N–H and O–H groups in total. The molecule has 0 amide bonds. The van der Waals surface area contributed by atoms with E-state index in [1.54, 1.807) is 0 Å². The zero-order valence-electron chi connectivity index (χ0n) is 10.2. The third kappa shape index (κ3) is 4.81. The van der Waals surface area contributed by atoms with Gasteiger partial charge in [-0.2, -0.15) is 13.2 Å². The van der Waals surface area contributed by atoms with Gasteiger partial charge in [0.1, 0.15) is 6.61 Å². The summed E-state index contributed by atoms with van der Waals surface area (Å²) in [5.74, 6) is 0.211. The normalized spacial score (nSPS) is 20.6. The first-order chi connectivity index (χ1) is 7.79. The minimum atomic E-state index is -4.32. The molecule has 0 heterocycles. The van der Waals surface area contributed by atoms with E-state index in [4.69, 9.17) is 4.74 Å². The van der Waals surface area contributed by atoms with Crippen LogP contribution in [-0.4, -0.2) is 42.7 Å². The second-order valence-electron chi connectivity index (χ2n) is 5.00. The smallest absolute Gasteiger partial charge is 0.394 e. The molecule has 3 nitrogen and oxygen atoms in total. The highest BCUT2D eigenvalue weighted by Crippen LogP contribution is 2.40. The molecule has 17 heavy (non-hydrogen) atoms. The molecule has 1 aliphatic rings. The summed E-state index contributed by atoms with van der Waals surface area (Å²) >= 11 is 0. The lowest BCUT2D eigenvalue weighted by molar-refractivity contribution is -0.180. The molecular weight excluding hydrogens is 235 g/mol. The lowest BCUT2D eigenvalue weighted by atomic mass is 9.94. The van der Waals surface area contributed by atoms with Gasteiger partial charge in [-0.05, 0) is 18.8 Å². The van der Waals surface area contributed by atoms with E-state index in [2.05, 4.69) is 5.32 Å². The molecule has 102 valence electrons. The fourth-order valence-electron chi connectivity index (χ4n) is 2.06. The van der Waals surface area contributed by atoms with E-state index in [-0.39, 0.29) is 25.2 Å². The van der Waals surface area contributed by atoms with E-state index in [0.29, 0.717) is 0 Å². The molecule has 1 atom stereocenters. The number of nitrogens with one attached hydrogen (secondary N) is 1. The maximum atomic E-state index is 12.0. The predicted octanol–water partition coefficient (Wildman–Crippen LogP) is 1.70. The largest absolute Gasteiger partial charge is 0.411 e. The fourth-order valence-corrected chi connectivity index (χ4v) is 2.06. The third-order valence-electron chi connectivity index (χ3n) is 2.84. The van der Waals surface area contributed by atoms with Crippen LogP contribution in [0.4, 0.5) is 13.2 Å². The second kappa shape index (κ2) is 5.54. The van der Waals surface area contributed by atoms with Crippen molar-refractivity contribution >= 4 is 0 Å². The summed E-state index contributed by atoms with van der Waals surface area (Å²) in [5.41, 5.74) is -0.723. The lowest BCUT2D eigenvalue weighted by Gasteiger charge is -2.35. The van der Waals surface area contributed by atoms with E-state index >= 15 is 0 Å². The Morgan fingerprint density at radius 1 is 1.29 bits per heavy atom. The summed E-state index contributed by atoms with van der Waals surface area (Å²) in [5, 5.41) is 12.6. The highest BCUT2D eigenvalue weighted by atomic mass is 19.4. The predicted molar refractivity (Wildman–Crippen MR) is 57.7 cm³/mol. The third-order valence-corrected chi connectivity index (χ3v) is 2.84. The SMILES string of the molecule is CC(C)NC(CO)(COCC(F)(F)F)C1CC1. The van der Waals surface area contributed by atoms with Gasteiger partial charge in [-0.1, -0.05) is 13.8 Å². The van der Waals surface area contributed by atoms with E-state index in [1.807, 2.05) is 13.8 Å². The molecule has 0 bridgehead atoms. The number of hydrogen-bond acceptors (Lipinski definition) is 3. The maximum Gasteiger partial charge on any atom is 0.411 e. The van der Waals surface area contributed by atoms with Crippen molar-refractivity contribution in [3.63, 3.8) is 0 Å². The van der Waals surface area contributed by atoms with Gasteiger partial charge in [-0.15, -0.1) is 0 Å². The molecule has 6 heteroatoms. The Hall–Kier alpha value is -0.330. The van der Waals surface area contributed by atoms with Gasteiger partial charge in [0.15, 0.2) is 0 Å². The molecule has 0 saturated heterocycles. The zero-order valence-corrected chi connectivity index (χ0v) is 10.2. The number of ether oxygens (including phenoxy) is 1. The number of alkyl halides is 3. The van der Waals surface area contributed by atoms with Gasteiger partial charge in [-0.25, -0.2) is 0 Å². The molecule has 1 fully saturated rings. The van der Waals surface area contributed by atoms with Gasteiger partial charge in [0.2, 0.25) is 0 Å². The van der Waals surface area contributed by atoms with Crippen LogP contribution in [0.15, 0.2) is 0 Å². The van der Waals surface area contributed by atoms with E-state index < -0.39 is 18.3 Å². The molecular formula is C11H20F3NO2. The molecule has 0 aromatic rings. The Labute approximate surface area is 99.3 Å². The van der Waals surface area contributed by atoms with Gasteiger partial charge in [0.25, 0.3) is 0 Å². The van der Waals surface area contributed by atoms with Crippen molar-refractivity contribution in [2.24, 2.45) is 5.92 Å². The minimum absolute atomic E-state index is 0.0947. The van der Waals surface area contributed by atoms with Crippen LogP contribution in [0.2, 0.25) is 0 Å². The van der Waals surface area contributed by atoms with Crippen molar-refractivity contribution in [3.05, 3.63) is 0 Å². The summed E-state index contributed by atoms with van der Waals surface area (Å²) in [6.07, 6.45) is -2.46. The Kier molecular flexibility index (Phi) is 4.80. The lowest BCUT2D eigenvalue weighted by Crippen LogP contribution is -2.57. The highest BCUT2D eigenvalue weighted by Gasteiger charge is 2.46. The molecule has 0 radical (unpaired) electrons. The monoisotopic (exact) mass is 255 g/mol. The zero-order chi connectivity index (χ0) is 13.1. The quantitative estimate of drug-likeness (QED) is 0.727. The molecule has 0 aliphatic heterocycles. The van der Waals surface area contributed by atoms with Crippen LogP contribution in [0.3, 0.4) is 0 Å². The van der Waals surface area contributed by atoms with Gasteiger partial charge in [0, 0.05) is 6.04 Å². The maximum absolute atomic E-state index is 12.0. The first-order valence-corrected chi connectivity index (χ1v) is 5.82. The Morgan fingerprint density at radius 2 is 1.88 bits per heavy atom. The molecule has 1 rings (SSSR count). The van der Waals surface area contributed by atoms with E-state index in [9.17, 15) is 18.3 Å². The summed E-state index contributed by atoms with van der Waals surface area (Å²) < 4.78 is 40.7. The van der Waals surface area contributed by atoms with Crippen LogP contribution in [-0.2, 0) is 4.74 Å². The van der Waals surface area contributed by atoms with Crippen LogP contribution in [0, 0.1) is 5.92 Å². The number of hydrogen-bond donors (Lipinski definition) is 2. The van der Waals surface area contributed by atoms with Crippen LogP contribution in [0.5, 0.6) is 0 Å². The van der Waals surface area contributed by atoms with Gasteiger partial charge in [-0.3, -0.25) is 0 Å². The summed E-state index contributed by atoms with van der Waals surface area (Å²) in [4.78, 5) is 0. The molecule has 0 spiro atoms. The average Bonchev–Trinajstić information content (AvgIpc) is 2.96. The summed E-state index contributed by atoms with van der Waals surface area (Å²) in [6, 6.07) is 0.0947. The van der Waals surface area contributed by atoms with Crippen molar-refractivity contribution in [3.8, 4) is 0 Å². The topological polar surface area (TPSA) is 41.5 Å². The molecule has 1 saturated carbocycles. The second-order valence-corrected chi connectivity index (χ2v) is 5.00. The van der Waals surface area contributed by atoms with Crippen LogP contribution in [0.1, 0.15) is 26.7 Å². The number of halogens is 3. The van der Waals surface area contributed by atoms with Crippen molar-refractivity contribution < 1.29 is 23.0 Å².